The molecular weight excluding hydrogens is 521 g/mol. The second-order valence-corrected chi connectivity index (χ2v) is 9.45. The van der Waals surface area contributed by atoms with Crippen molar-refractivity contribution in [3.63, 3.8) is 0 Å². The Bertz CT molecular complexity index is 1250. The second kappa shape index (κ2) is 10.9. The average Bonchev–Trinajstić information content (AvgIpc) is 3.07. The van der Waals surface area contributed by atoms with E-state index in [2.05, 4.69) is 15.9 Å². The van der Waals surface area contributed by atoms with Gasteiger partial charge in [-0.25, -0.2) is 4.39 Å². The van der Waals surface area contributed by atoms with E-state index in [1.54, 1.807) is 30.3 Å². The molecule has 0 atom stereocenters. The van der Waals surface area contributed by atoms with Crippen LogP contribution in [0.25, 0.3) is 6.08 Å². The van der Waals surface area contributed by atoms with Gasteiger partial charge in [-0.3, -0.25) is 14.5 Å². The fourth-order valence-electron chi connectivity index (χ4n) is 3.27. The molecule has 1 fully saturated rings. The van der Waals surface area contributed by atoms with E-state index in [1.807, 2.05) is 37.3 Å². The zero-order chi connectivity index (χ0) is 24.1. The second-order valence-electron chi connectivity index (χ2n) is 7.60. The van der Waals surface area contributed by atoms with Gasteiger partial charge < -0.3 is 9.47 Å². The first kappa shape index (κ1) is 24.0. The maximum Gasteiger partial charge on any atom is 0.293 e. The Morgan fingerprint density at radius 1 is 1.03 bits per heavy atom. The van der Waals surface area contributed by atoms with E-state index in [0.29, 0.717) is 27.5 Å². The van der Waals surface area contributed by atoms with E-state index in [1.165, 1.54) is 17.0 Å². The van der Waals surface area contributed by atoms with Crippen LogP contribution in [0.1, 0.15) is 16.7 Å². The summed E-state index contributed by atoms with van der Waals surface area (Å²) in [5.74, 6) is 0.685. The normalized spacial score (nSPS) is 14.7. The zero-order valence-corrected chi connectivity index (χ0v) is 20.7. The molecule has 1 aliphatic rings. The van der Waals surface area contributed by atoms with Gasteiger partial charge in [-0.15, -0.1) is 0 Å². The number of thioether (sulfide) groups is 1. The van der Waals surface area contributed by atoms with Crippen LogP contribution in [0.4, 0.5) is 9.18 Å². The third-order valence-corrected chi connectivity index (χ3v) is 6.54. The average molecular weight is 542 g/mol. The van der Waals surface area contributed by atoms with E-state index in [4.69, 9.17) is 9.47 Å². The SMILES string of the molecule is Cc1cccc(OCCN2C(=O)S/C(=C\c3ccc(OCc4ccc(F)cc4)c(Br)c3)C2=O)c1. The molecule has 34 heavy (non-hydrogen) atoms. The molecule has 0 aliphatic carbocycles. The number of amides is 2. The van der Waals surface area contributed by atoms with Crippen molar-refractivity contribution in [2.45, 2.75) is 13.5 Å². The standard InChI is InChI=1S/C26H21BrFNO4S/c1-17-3-2-4-21(13-17)32-12-11-29-25(30)24(34-26(29)31)15-19-7-10-23(22(27)14-19)33-16-18-5-8-20(28)9-6-18/h2-10,13-15H,11-12,16H2,1H3/b24-15-. The van der Waals surface area contributed by atoms with Crippen LogP contribution in [-0.2, 0) is 11.4 Å². The first-order chi connectivity index (χ1) is 16.4. The van der Waals surface area contributed by atoms with Crippen molar-refractivity contribution in [2.24, 2.45) is 0 Å². The highest BCUT2D eigenvalue weighted by Gasteiger charge is 2.34. The highest BCUT2D eigenvalue weighted by Crippen LogP contribution is 2.34. The highest BCUT2D eigenvalue weighted by molar-refractivity contribution is 9.10. The molecule has 3 aromatic carbocycles. The van der Waals surface area contributed by atoms with E-state index in [9.17, 15) is 14.0 Å². The van der Waals surface area contributed by atoms with Crippen LogP contribution in [0, 0.1) is 12.7 Å². The highest BCUT2D eigenvalue weighted by atomic mass is 79.9. The Kier molecular flexibility index (Phi) is 7.70. The van der Waals surface area contributed by atoms with Gasteiger partial charge in [0.2, 0.25) is 0 Å². The largest absolute Gasteiger partial charge is 0.492 e. The molecule has 0 aromatic heterocycles. The van der Waals surface area contributed by atoms with Gasteiger partial charge in [0.25, 0.3) is 11.1 Å². The molecule has 4 rings (SSSR count). The van der Waals surface area contributed by atoms with Crippen LogP contribution >= 0.6 is 27.7 Å². The third-order valence-electron chi connectivity index (χ3n) is 5.01. The summed E-state index contributed by atoms with van der Waals surface area (Å²) >= 11 is 4.39. The summed E-state index contributed by atoms with van der Waals surface area (Å²) in [5, 5.41) is -0.317. The Morgan fingerprint density at radius 3 is 2.56 bits per heavy atom. The van der Waals surface area contributed by atoms with Crippen molar-refractivity contribution >= 4 is 44.9 Å². The molecule has 1 aliphatic heterocycles. The first-order valence-corrected chi connectivity index (χ1v) is 12.1. The van der Waals surface area contributed by atoms with E-state index in [-0.39, 0.29) is 30.1 Å². The van der Waals surface area contributed by atoms with Crippen LogP contribution in [0.3, 0.4) is 0 Å². The van der Waals surface area contributed by atoms with Gasteiger partial charge in [0, 0.05) is 0 Å². The van der Waals surface area contributed by atoms with Crippen molar-refractivity contribution in [2.75, 3.05) is 13.2 Å². The summed E-state index contributed by atoms with van der Waals surface area (Å²) < 4.78 is 25.2. The van der Waals surface area contributed by atoms with Crippen molar-refractivity contribution in [3.05, 3.63) is 98.6 Å². The molecule has 0 bridgehead atoms. The van der Waals surface area contributed by atoms with Crippen LogP contribution < -0.4 is 9.47 Å². The summed E-state index contributed by atoms with van der Waals surface area (Å²) in [4.78, 5) is 26.7. The van der Waals surface area contributed by atoms with Crippen LogP contribution in [0.15, 0.2) is 76.1 Å². The van der Waals surface area contributed by atoms with Crippen LogP contribution in [0.2, 0.25) is 0 Å². The van der Waals surface area contributed by atoms with Crippen molar-refractivity contribution in [3.8, 4) is 11.5 Å². The lowest BCUT2D eigenvalue weighted by Gasteiger charge is -2.13. The number of ether oxygens (including phenoxy) is 2. The number of nitrogens with zero attached hydrogens (tertiary/aromatic N) is 1. The minimum absolute atomic E-state index is 0.176. The van der Waals surface area contributed by atoms with E-state index >= 15 is 0 Å². The molecular formula is C26H21BrFNO4S. The summed E-state index contributed by atoms with van der Waals surface area (Å²) in [7, 11) is 0. The number of aryl methyl sites for hydroxylation is 1. The van der Waals surface area contributed by atoms with Gasteiger partial charge >= 0.3 is 0 Å². The van der Waals surface area contributed by atoms with Crippen molar-refractivity contribution in [1.29, 1.82) is 0 Å². The molecule has 174 valence electrons. The Hall–Kier alpha value is -3.10. The number of carbonyl (C=O) groups excluding carboxylic acids is 2. The predicted octanol–water partition coefficient (Wildman–Crippen LogP) is 6.59. The maximum atomic E-state index is 13.0. The van der Waals surface area contributed by atoms with Crippen LogP contribution in [0.5, 0.6) is 11.5 Å². The van der Waals surface area contributed by atoms with Gasteiger partial charge in [0.15, 0.2) is 0 Å². The molecule has 1 heterocycles. The molecule has 8 heteroatoms. The van der Waals surface area contributed by atoms with Crippen molar-refractivity contribution < 1.29 is 23.5 Å². The van der Waals surface area contributed by atoms with E-state index in [0.717, 1.165) is 28.5 Å². The summed E-state index contributed by atoms with van der Waals surface area (Å²) in [6.45, 7) is 2.66. The quantitative estimate of drug-likeness (QED) is 0.301. The lowest BCUT2D eigenvalue weighted by atomic mass is 10.2. The molecule has 3 aromatic rings. The van der Waals surface area contributed by atoms with Gasteiger partial charge in [0.05, 0.1) is 15.9 Å². The summed E-state index contributed by atoms with van der Waals surface area (Å²) in [6, 6.07) is 19.1. The molecule has 0 N–H and O–H groups in total. The number of hydrogen-bond donors (Lipinski definition) is 0. The van der Waals surface area contributed by atoms with Crippen molar-refractivity contribution in [1.82, 2.24) is 4.90 Å². The number of benzene rings is 3. The van der Waals surface area contributed by atoms with Gasteiger partial charge in [-0.1, -0.05) is 30.3 Å². The number of halogens is 2. The Labute approximate surface area is 209 Å². The Morgan fingerprint density at radius 2 is 1.82 bits per heavy atom. The maximum absolute atomic E-state index is 13.0. The zero-order valence-electron chi connectivity index (χ0n) is 18.3. The third kappa shape index (κ3) is 6.07. The lowest BCUT2D eigenvalue weighted by molar-refractivity contribution is -0.123. The molecule has 0 unspecified atom stereocenters. The van der Waals surface area contributed by atoms with Gasteiger partial charge in [-0.2, -0.15) is 0 Å². The molecule has 1 saturated heterocycles. The smallest absolute Gasteiger partial charge is 0.293 e. The number of hydrogen-bond acceptors (Lipinski definition) is 5. The fraction of sp³-hybridized carbons (Fsp3) is 0.154. The fourth-order valence-corrected chi connectivity index (χ4v) is 4.65. The minimum atomic E-state index is -0.337. The molecule has 2 amide bonds. The number of carbonyl (C=O) groups is 2. The first-order valence-electron chi connectivity index (χ1n) is 10.5. The number of imide groups is 1. The molecule has 5 nitrogen and oxygen atoms in total. The van der Waals surface area contributed by atoms with E-state index < -0.39 is 0 Å². The summed E-state index contributed by atoms with van der Waals surface area (Å²) in [6.07, 6.45) is 1.68. The number of rotatable bonds is 8. The van der Waals surface area contributed by atoms with Crippen LogP contribution in [-0.4, -0.2) is 29.2 Å². The van der Waals surface area contributed by atoms with Gasteiger partial charge in [-0.05, 0) is 93.8 Å². The Balaban J connectivity index is 1.36. The predicted molar refractivity (Wildman–Crippen MR) is 134 cm³/mol. The minimum Gasteiger partial charge on any atom is -0.492 e. The topological polar surface area (TPSA) is 55.8 Å². The molecule has 0 spiro atoms. The van der Waals surface area contributed by atoms with Gasteiger partial charge in [0.1, 0.15) is 30.5 Å². The monoisotopic (exact) mass is 541 g/mol. The molecule has 0 radical (unpaired) electrons. The molecule has 0 saturated carbocycles. The lowest BCUT2D eigenvalue weighted by Crippen LogP contribution is -2.32. The summed E-state index contributed by atoms with van der Waals surface area (Å²) in [5.41, 5.74) is 2.67.